The molecule has 3 aromatic rings. The quantitative estimate of drug-likeness (QED) is 0.401. The maximum atomic E-state index is 13.5. The number of rotatable bonds is 4. The number of fused-ring (bicyclic) bond motifs is 1. The SMILES string of the molecule is CN(C(=O)c1ccc(C(F)(F)F)cn1)[C@@H]1CCN(C(=O)c2cc3c([nH]2)C(=O)CCC3)C[C@H]1c1ccc(Cl)c(Cl)c1. The van der Waals surface area contributed by atoms with Crippen molar-refractivity contribution in [1.29, 1.82) is 0 Å². The third-order valence-corrected chi connectivity index (χ3v) is 8.36. The van der Waals surface area contributed by atoms with E-state index in [0.29, 0.717) is 47.0 Å². The molecular weight excluding hydrogens is 568 g/mol. The van der Waals surface area contributed by atoms with Gasteiger partial charge in [-0.05, 0) is 60.7 Å². The number of aryl methyl sites for hydroxylation is 1. The number of carbonyl (C=O) groups excluding carboxylic acids is 3. The van der Waals surface area contributed by atoms with E-state index in [1.54, 1.807) is 36.2 Å². The van der Waals surface area contributed by atoms with E-state index in [0.717, 1.165) is 36.1 Å². The Balaban J connectivity index is 1.41. The van der Waals surface area contributed by atoms with Crippen LogP contribution in [0.25, 0.3) is 0 Å². The number of nitrogens with one attached hydrogen (secondary N) is 1. The minimum Gasteiger partial charge on any atom is -0.348 e. The lowest BCUT2D eigenvalue weighted by molar-refractivity contribution is -0.137. The Morgan fingerprint density at radius 1 is 1.10 bits per heavy atom. The molecule has 1 aromatic carbocycles. The van der Waals surface area contributed by atoms with E-state index >= 15 is 0 Å². The second kappa shape index (κ2) is 10.9. The van der Waals surface area contributed by atoms with Gasteiger partial charge in [0.25, 0.3) is 11.8 Å². The van der Waals surface area contributed by atoms with Gasteiger partial charge in [-0.1, -0.05) is 29.3 Å². The number of pyridine rings is 1. The minimum atomic E-state index is -4.56. The Morgan fingerprint density at radius 3 is 2.52 bits per heavy atom. The van der Waals surface area contributed by atoms with Crippen LogP contribution in [0.2, 0.25) is 10.0 Å². The van der Waals surface area contributed by atoms with Gasteiger partial charge >= 0.3 is 6.18 Å². The molecule has 40 heavy (non-hydrogen) atoms. The average Bonchev–Trinajstić information content (AvgIpc) is 3.38. The molecule has 0 radical (unpaired) electrons. The lowest BCUT2D eigenvalue weighted by Crippen LogP contribution is -2.52. The Hall–Kier alpha value is -3.37. The van der Waals surface area contributed by atoms with E-state index in [2.05, 4.69) is 9.97 Å². The Bertz CT molecular complexity index is 1470. The number of aromatic nitrogens is 2. The first-order chi connectivity index (χ1) is 18.9. The van der Waals surface area contributed by atoms with Crippen molar-refractivity contribution in [2.45, 2.75) is 43.8 Å². The van der Waals surface area contributed by atoms with Gasteiger partial charge in [0, 0.05) is 44.7 Å². The number of piperidine rings is 1. The monoisotopic (exact) mass is 592 g/mol. The summed E-state index contributed by atoms with van der Waals surface area (Å²) in [7, 11) is 1.57. The van der Waals surface area contributed by atoms with Crippen molar-refractivity contribution in [3.63, 3.8) is 0 Å². The van der Waals surface area contributed by atoms with Gasteiger partial charge in [0.2, 0.25) is 0 Å². The number of Topliss-reactive ketones (excluding diaryl/α,β-unsaturated/α-hetero) is 1. The molecule has 1 aliphatic carbocycles. The van der Waals surface area contributed by atoms with Gasteiger partial charge in [-0.25, -0.2) is 0 Å². The number of carbonyl (C=O) groups is 3. The number of hydrogen-bond donors (Lipinski definition) is 1. The van der Waals surface area contributed by atoms with Crippen molar-refractivity contribution in [3.8, 4) is 0 Å². The van der Waals surface area contributed by atoms with Crippen LogP contribution in [0.3, 0.4) is 0 Å². The number of aromatic amines is 1. The fourth-order valence-corrected chi connectivity index (χ4v) is 5.78. The molecule has 2 aromatic heterocycles. The summed E-state index contributed by atoms with van der Waals surface area (Å²) in [5, 5.41) is 0.668. The maximum absolute atomic E-state index is 13.5. The minimum absolute atomic E-state index is 0.00953. The Morgan fingerprint density at radius 2 is 1.88 bits per heavy atom. The standard InChI is InChI=1S/C28H25Cl2F3N4O3/c1-36(26(39)21-8-6-17(13-34-21)28(31,32)33)23-9-10-37(14-18(23)15-5-7-19(29)20(30)11-15)27(40)22-12-16-3-2-4-24(38)25(16)35-22/h5-8,11-13,18,23,35H,2-4,9-10,14H2,1H3/t18-,23+/m0/s1. The third-order valence-electron chi connectivity index (χ3n) is 7.62. The zero-order valence-corrected chi connectivity index (χ0v) is 22.9. The number of amides is 2. The summed E-state index contributed by atoms with van der Waals surface area (Å²) >= 11 is 12.4. The maximum Gasteiger partial charge on any atom is 0.417 e. The molecule has 5 rings (SSSR count). The molecule has 0 spiro atoms. The lowest BCUT2D eigenvalue weighted by Gasteiger charge is -2.42. The number of likely N-dealkylation sites (tertiary alicyclic amines) is 1. The van der Waals surface area contributed by atoms with Gasteiger partial charge in [0.05, 0.1) is 21.3 Å². The third kappa shape index (κ3) is 5.47. The second-order valence-corrected chi connectivity index (χ2v) is 10.9. The number of likely N-dealkylation sites (N-methyl/N-ethyl adjacent to an activating group) is 1. The molecule has 1 N–H and O–H groups in total. The molecule has 7 nitrogen and oxygen atoms in total. The van der Waals surface area contributed by atoms with Crippen LogP contribution in [0.5, 0.6) is 0 Å². The molecule has 12 heteroatoms. The largest absolute Gasteiger partial charge is 0.417 e. The predicted octanol–water partition coefficient (Wildman–Crippen LogP) is 6.02. The zero-order valence-electron chi connectivity index (χ0n) is 21.4. The molecule has 2 atom stereocenters. The van der Waals surface area contributed by atoms with Crippen LogP contribution >= 0.6 is 23.2 Å². The van der Waals surface area contributed by atoms with E-state index in [4.69, 9.17) is 23.2 Å². The number of H-pyrrole nitrogens is 1. The number of hydrogen-bond acceptors (Lipinski definition) is 4. The Labute approximate surface area is 238 Å². The number of halogens is 5. The van der Waals surface area contributed by atoms with Gasteiger partial charge in [0.15, 0.2) is 5.78 Å². The summed E-state index contributed by atoms with van der Waals surface area (Å²) in [6, 6.07) is 8.31. The van der Waals surface area contributed by atoms with E-state index < -0.39 is 23.7 Å². The van der Waals surface area contributed by atoms with Crippen LogP contribution in [0.4, 0.5) is 13.2 Å². The summed E-state index contributed by atoms with van der Waals surface area (Å²) in [4.78, 5) is 49.0. The van der Waals surface area contributed by atoms with E-state index in [-0.39, 0.29) is 29.8 Å². The fourth-order valence-electron chi connectivity index (χ4n) is 5.47. The number of nitrogens with zero attached hydrogens (tertiary/aromatic N) is 3. The van der Waals surface area contributed by atoms with Crippen LogP contribution in [0.1, 0.15) is 73.3 Å². The van der Waals surface area contributed by atoms with Crippen LogP contribution in [0, 0.1) is 0 Å². The molecular formula is C28H25Cl2F3N4O3. The molecule has 1 saturated heterocycles. The molecule has 1 aliphatic heterocycles. The molecule has 0 saturated carbocycles. The Kier molecular flexibility index (Phi) is 7.67. The summed E-state index contributed by atoms with van der Waals surface area (Å²) in [5.41, 5.74) is 1.34. The van der Waals surface area contributed by atoms with Crippen LogP contribution in [-0.4, -0.2) is 63.5 Å². The van der Waals surface area contributed by atoms with Crippen molar-refractivity contribution < 1.29 is 27.6 Å². The molecule has 2 aliphatic rings. The molecule has 2 amide bonds. The number of ketones is 1. The highest BCUT2D eigenvalue weighted by Crippen LogP contribution is 2.35. The highest BCUT2D eigenvalue weighted by atomic mass is 35.5. The predicted molar refractivity (Wildman–Crippen MR) is 143 cm³/mol. The average molecular weight is 593 g/mol. The normalized spacial score (nSPS) is 19.4. The molecule has 0 unspecified atom stereocenters. The van der Waals surface area contributed by atoms with Gasteiger partial charge in [-0.15, -0.1) is 0 Å². The van der Waals surface area contributed by atoms with Crippen LogP contribution in [-0.2, 0) is 12.6 Å². The van der Waals surface area contributed by atoms with Gasteiger partial charge in [0.1, 0.15) is 11.4 Å². The van der Waals surface area contributed by atoms with Crippen molar-refractivity contribution in [2.75, 3.05) is 20.1 Å². The zero-order chi connectivity index (χ0) is 28.8. The highest BCUT2D eigenvalue weighted by Gasteiger charge is 2.38. The van der Waals surface area contributed by atoms with E-state index in [1.807, 2.05) is 0 Å². The van der Waals surface area contributed by atoms with Crippen molar-refractivity contribution in [3.05, 3.63) is 86.4 Å². The van der Waals surface area contributed by atoms with E-state index in [9.17, 15) is 27.6 Å². The van der Waals surface area contributed by atoms with Crippen LogP contribution < -0.4 is 0 Å². The first-order valence-electron chi connectivity index (χ1n) is 12.7. The van der Waals surface area contributed by atoms with Crippen LogP contribution in [0.15, 0.2) is 42.6 Å². The lowest BCUT2D eigenvalue weighted by atomic mass is 9.84. The summed E-state index contributed by atoms with van der Waals surface area (Å²) in [6.45, 7) is 0.550. The summed E-state index contributed by atoms with van der Waals surface area (Å²) < 4.78 is 38.9. The van der Waals surface area contributed by atoms with E-state index in [1.165, 1.54) is 4.90 Å². The molecule has 3 heterocycles. The number of alkyl halides is 3. The van der Waals surface area contributed by atoms with Gasteiger partial charge in [-0.3, -0.25) is 19.4 Å². The fraction of sp³-hybridized carbons (Fsp3) is 0.357. The van der Waals surface area contributed by atoms with Gasteiger partial charge < -0.3 is 14.8 Å². The topological polar surface area (TPSA) is 86.4 Å². The van der Waals surface area contributed by atoms with Crippen molar-refractivity contribution >= 4 is 40.8 Å². The second-order valence-electron chi connectivity index (χ2n) is 10.1. The highest BCUT2D eigenvalue weighted by molar-refractivity contribution is 6.42. The van der Waals surface area contributed by atoms with Crippen molar-refractivity contribution in [1.82, 2.24) is 19.8 Å². The first-order valence-corrected chi connectivity index (χ1v) is 13.5. The smallest absolute Gasteiger partial charge is 0.348 e. The van der Waals surface area contributed by atoms with Crippen molar-refractivity contribution in [2.24, 2.45) is 0 Å². The molecule has 0 bridgehead atoms. The molecule has 210 valence electrons. The first kappa shape index (κ1) is 28.2. The number of benzene rings is 1. The molecule has 1 fully saturated rings. The summed E-state index contributed by atoms with van der Waals surface area (Å²) in [6.07, 6.45) is -1.62. The summed E-state index contributed by atoms with van der Waals surface area (Å²) in [5.74, 6) is -1.20. The van der Waals surface area contributed by atoms with Gasteiger partial charge in [-0.2, -0.15) is 13.2 Å².